The maximum Gasteiger partial charge on any atom is 0.211 e. The van der Waals surface area contributed by atoms with E-state index >= 15 is 0 Å². The molecule has 1 aromatic carbocycles. The molecule has 6 heteroatoms. The fourth-order valence-electron chi connectivity index (χ4n) is 3.51. The van der Waals surface area contributed by atoms with Gasteiger partial charge in [-0.1, -0.05) is 62.9 Å². The molecule has 0 saturated carbocycles. The third-order valence-electron chi connectivity index (χ3n) is 5.31. The van der Waals surface area contributed by atoms with E-state index in [4.69, 9.17) is 9.72 Å². The minimum atomic E-state index is -0.255. The predicted molar refractivity (Wildman–Crippen MR) is 118 cm³/mol. The summed E-state index contributed by atoms with van der Waals surface area (Å²) in [6.07, 6.45) is 1.56. The molecule has 4 rings (SSSR count). The molecular formula is C22H26N2O2S2. The van der Waals surface area contributed by atoms with E-state index in [1.54, 1.807) is 23.1 Å². The first kappa shape index (κ1) is 19.7. The van der Waals surface area contributed by atoms with Crippen LogP contribution in [0.5, 0.6) is 0 Å². The third-order valence-corrected chi connectivity index (χ3v) is 7.52. The second-order valence-electron chi connectivity index (χ2n) is 7.89. The molecule has 3 heterocycles. The molecule has 0 radical (unpaired) electrons. The first-order valence-electron chi connectivity index (χ1n) is 9.80. The smallest absolute Gasteiger partial charge is 0.211 e. The highest BCUT2D eigenvalue weighted by molar-refractivity contribution is 7.99. The molecule has 1 aliphatic heterocycles. The molecule has 0 spiro atoms. The van der Waals surface area contributed by atoms with Crippen molar-refractivity contribution in [2.45, 2.75) is 69.7 Å². The van der Waals surface area contributed by atoms with Gasteiger partial charge in [0, 0.05) is 22.1 Å². The molecule has 2 aromatic heterocycles. The summed E-state index contributed by atoms with van der Waals surface area (Å²) in [6, 6.07) is 10.4. The average molecular weight is 415 g/mol. The highest BCUT2D eigenvalue weighted by Gasteiger charge is 2.33. The van der Waals surface area contributed by atoms with Crippen LogP contribution in [0.15, 0.2) is 40.3 Å². The molecule has 0 amide bonds. The molecule has 3 aromatic rings. The first-order valence-corrected chi connectivity index (χ1v) is 11.5. The maximum absolute atomic E-state index is 13.3. The Morgan fingerprint density at radius 1 is 1.32 bits per heavy atom. The number of hydrogen-bond donors (Lipinski definition) is 0. The Kier molecular flexibility index (Phi) is 5.38. The largest absolute Gasteiger partial charge is 0.369 e. The lowest BCUT2D eigenvalue weighted by Crippen LogP contribution is -2.37. The molecule has 0 saturated heterocycles. The van der Waals surface area contributed by atoms with Crippen molar-refractivity contribution in [2.24, 2.45) is 0 Å². The van der Waals surface area contributed by atoms with Crippen LogP contribution < -0.4 is 5.43 Å². The van der Waals surface area contributed by atoms with Gasteiger partial charge >= 0.3 is 0 Å². The Balaban J connectivity index is 1.88. The fraction of sp³-hybridized carbons (Fsp3) is 0.455. The van der Waals surface area contributed by atoms with Crippen LogP contribution in [-0.2, 0) is 24.3 Å². The number of nitrogens with zero attached hydrogens (tertiary/aromatic N) is 2. The monoisotopic (exact) mass is 414 g/mol. The van der Waals surface area contributed by atoms with Crippen LogP contribution in [0.2, 0.25) is 0 Å². The van der Waals surface area contributed by atoms with Crippen molar-refractivity contribution < 1.29 is 4.74 Å². The van der Waals surface area contributed by atoms with E-state index in [0.29, 0.717) is 30.3 Å². The van der Waals surface area contributed by atoms with Crippen LogP contribution >= 0.6 is 23.1 Å². The van der Waals surface area contributed by atoms with Gasteiger partial charge in [0.05, 0.1) is 18.8 Å². The normalized spacial score (nSPS) is 19.3. The number of fused-ring (bicyclic) bond motifs is 2. The maximum atomic E-state index is 13.3. The molecule has 148 valence electrons. The molecule has 0 N–H and O–H groups in total. The number of aromatic nitrogens is 2. The van der Waals surface area contributed by atoms with Gasteiger partial charge < -0.3 is 9.30 Å². The molecule has 28 heavy (non-hydrogen) atoms. The van der Waals surface area contributed by atoms with Crippen molar-refractivity contribution in [3.63, 3.8) is 0 Å². The van der Waals surface area contributed by atoms with Crippen molar-refractivity contribution in [2.75, 3.05) is 0 Å². The quantitative estimate of drug-likeness (QED) is 0.535. The van der Waals surface area contributed by atoms with Gasteiger partial charge in [0.25, 0.3) is 0 Å². The molecule has 0 bridgehead atoms. The van der Waals surface area contributed by atoms with E-state index in [2.05, 4.69) is 44.4 Å². The molecule has 1 aliphatic rings. The third kappa shape index (κ3) is 3.65. The van der Waals surface area contributed by atoms with Crippen molar-refractivity contribution in [3.05, 3.63) is 56.6 Å². The van der Waals surface area contributed by atoms with Gasteiger partial charge in [0.1, 0.15) is 10.3 Å². The Morgan fingerprint density at radius 2 is 2.07 bits per heavy atom. The lowest BCUT2D eigenvalue weighted by atomic mass is 9.91. The highest BCUT2D eigenvalue weighted by atomic mass is 32.2. The second kappa shape index (κ2) is 7.65. The summed E-state index contributed by atoms with van der Waals surface area (Å²) in [5, 5.41) is 1.32. The number of hydrogen-bond acceptors (Lipinski definition) is 5. The zero-order valence-corrected chi connectivity index (χ0v) is 18.5. The molecule has 1 unspecified atom stereocenters. The lowest BCUT2D eigenvalue weighted by molar-refractivity contribution is -0.0550. The summed E-state index contributed by atoms with van der Waals surface area (Å²) in [7, 11) is 0. The van der Waals surface area contributed by atoms with Gasteiger partial charge in [-0.15, -0.1) is 11.3 Å². The Bertz CT molecular complexity index is 1060. The first-order chi connectivity index (χ1) is 13.4. The molecule has 0 fully saturated rings. The molecule has 4 nitrogen and oxygen atoms in total. The molecule has 0 aliphatic carbocycles. The zero-order chi connectivity index (χ0) is 19.9. The number of ether oxygens (including phenoxy) is 1. The van der Waals surface area contributed by atoms with Gasteiger partial charge in [-0.05, 0) is 18.9 Å². The number of benzene rings is 1. The van der Waals surface area contributed by atoms with Gasteiger partial charge in [-0.2, -0.15) is 0 Å². The van der Waals surface area contributed by atoms with Gasteiger partial charge in [0.2, 0.25) is 5.43 Å². The number of imidazole rings is 1. The van der Waals surface area contributed by atoms with Gasteiger partial charge in [0.15, 0.2) is 5.16 Å². The lowest BCUT2D eigenvalue weighted by Gasteiger charge is -2.33. The average Bonchev–Trinajstić information content (AvgIpc) is 3.00. The van der Waals surface area contributed by atoms with Crippen LogP contribution in [0.25, 0.3) is 10.3 Å². The summed E-state index contributed by atoms with van der Waals surface area (Å²) in [4.78, 5) is 20.2. The number of thioether (sulfide) groups is 1. The van der Waals surface area contributed by atoms with Crippen LogP contribution in [0, 0.1) is 0 Å². The minimum absolute atomic E-state index is 0.0872. The summed E-state index contributed by atoms with van der Waals surface area (Å²) >= 11 is 3.38. The SMILES string of the molecule is CCC1(C)Cc2c(sc3c(nc(SC(C)C)n3Cc3ccccc3)c2=O)CO1. The van der Waals surface area contributed by atoms with Gasteiger partial charge in [-0.25, -0.2) is 4.98 Å². The molecular weight excluding hydrogens is 388 g/mol. The Hall–Kier alpha value is -1.63. The zero-order valence-electron chi connectivity index (χ0n) is 16.8. The summed E-state index contributed by atoms with van der Waals surface area (Å²) < 4.78 is 8.31. The summed E-state index contributed by atoms with van der Waals surface area (Å²) in [6.45, 7) is 9.75. The van der Waals surface area contributed by atoms with Crippen LogP contribution in [0.4, 0.5) is 0 Å². The van der Waals surface area contributed by atoms with E-state index in [9.17, 15) is 4.79 Å². The summed E-state index contributed by atoms with van der Waals surface area (Å²) in [5.74, 6) is 0. The second-order valence-corrected chi connectivity index (χ2v) is 10.5. The Labute approximate surface area is 174 Å². The van der Waals surface area contributed by atoms with Crippen LogP contribution in [0.3, 0.4) is 0 Å². The van der Waals surface area contributed by atoms with E-state index in [-0.39, 0.29) is 11.0 Å². The van der Waals surface area contributed by atoms with Crippen molar-refractivity contribution >= 4 is 33.4 Å². The standard InChI is InChI=1S/C22H26N2O2S2/c1-5-22(4)11-16-17(13-26-22)28-20-18(19(16)25)23-21(27-14(2)3)24(20)12-15-9-7-6-8-10-15/h6-10,14H,5,11-13H2,1-4H3. The van der Waals surface area contributed by atoms with Crippen molar-refractivity contribution in [3.8, 4) is 0 Å². The van der Waals surface area contributed by atoms with Crippen molar-refractivity contribution in [1.29, 1.82) is 0 Å². The van der Waals surface area contributed by atoms with E-state index in [1.165, 1.54) is 5.56 Å². The fourth-order valence-corrected chi connectivity index (χ4v) is 5.55. The molecule has 1 atom stereocenters. The minimum Gasteiger partial charge on any atom is -0.369 e. The van der Waals surface area contributed by atoms with Gasteiger partial charge in [-0.3, -0.25) is 4.79 Å². The van der Waals surface area contributed by atoms with E-state index in [1.807, 2.05) is 18.2 Å². The highest BCUT2D eigenvalue weighted by Crippen LogP contribution is 2.35. The summed E-state index contributed by atoms with van der Waals surface area (Å²) in [5.41, 5.74) is 2.56. The number of rotatable bonds is 5. The predicted octanol–water partition coefficient (Wildman–Crippen LogP) is 5.25. The van der Waals surface area contributed by atoms with Crippen molar-refractivity contribution in [1.82, 2.24) is 9.55 Å². The van der Waals surface area contributed by atoms with E-state index in [0.717, 1.165) is 26.8 Å². The Morgan fingerprint density at radius 3 is 2.75 bits per heavy atom. The van der Waals surface area contributed by atoms with Crippen LogP contribution in [0.1, 0.15) is 50.1 Å². The van der Waals surface area contributed by atoms with Crippen LogP contribution in [-0.4, -0.2) is 20.4 Å². The van der Waals surface area contributed by atoms with E-state index < -0.39 is 0 Å². The topological polar surface area (TPSA) is 44.1 Å².